The van der Waals surface area contributed by atoms with Gasteiger partial charge in [-0.1, -0.05) is 60.7 Å². The van der Waals surface area contributed by atoms with Gasteiger partial charge in [0.15, 0.2) is 0 Å². The van der Waals surface area contributed by atoms with Gasteiger partial charge in [-0.3, -0.25) is 9.69 Å². The number of aliphatic carboxylic acids is 1. The number of aliphatic imine (C=N–C) groups is 1. The van der Waals surface area contributed by atoms with E-state index in [9.17, 15) is 9.90 Å². The summed E-state index contributed by atoms with van der Waals surface area (Å²) in [6, 6.07) is 29.8. The molecule has 0 aliphatic carbocycles. The molecular weight excluding hydrogens is 504 g/mol. The summed E-state index contributed by atoms with van der Waals surface area (Å²) in [6.07, 6.45) is 0.723. The van der Waals surface area contributed by atoms with Crippen LogP contribution in [-0.2, 0) is 22.6 Å². The number of methoxy groups -OCH3 is 1. The summed E-state index contributed by atoms with van der Waals surface area (Å²) in [6.45, 7) is 3.43. The van der Waals surface area contributed by atoms with Crippen LogP contribution in [0.2, 0.25) is 0 Å². The van der Waals surface area contributed by atoms with Crippen LogP contribution in [0.3, 0.4) is 0 Å². The van der Waals surface area contributed by atoms with E-state index in [4.69, 9.17) is 19.2 Å². The molecule has 0 fully saturated rings. The number of hydrogen-bond acceptors (Lipinski definition) is 6. The second kappa shape index (κ2) is 12.7. The van der Waals surface area contributed by atoms with Crippen LogP contribution in [0, 0.1) is 0 Å². The Morgan fingerprint density at radius 1 is 0.950 bits per heavy atom. The van der Waals surface area contributed by atoms with Crippen molar-refractivity contribution in [2.45, 2.75) is 38.6 Å². The Morgan fingerprint density at radius 3 is 2.50 bits per heavy atom. The van der Waals surface area contributed by atoms with E-state index in [1.807, 2.05) is 103 Å². The number of carboxylic acids is 1. The van der Waals surface area contributed by atoms with Crippen LogP contribution in [0.1, 0.15) is 30.0 Å². The highest BCUT2D eigenvalue weighted by Gasteiger charge is 2.27. The standard InChI is InChI=1S/C33H34N2O5/c1-23-30(34-33(40-23)25-10-4-3-5-11-25)17-18-39-27-12-8-9-24(19-27)20-35(22-32(36)37)21-26-15-16-31(38-2)29-14-7-6-13-28(26)29/h3-16,19,23,30H,17-18,20-22H2,1-2H3,(H,36,37). The monoisotopic (exact) mass is 538 g/mol. The van der Waals surface area contributed by atoms with Gasteiger partial charge >= 0.3 is 5.97 Å². The zero-order valence-corrected chi connectivity index (χ0v) is 22.8. The summed E-state index contributed by atoms with van der Waals surface area (Å²) in [5, 5.41) is 11.7. The first-order valence-electron chi connectivity index (χ1n) is 13.5. The summed E-state index contributed by atoms with van der Waals surface area (Å²) >= 11 is 0. The predicted molar refractivity (Wildman–Crippen MR) is 156 cm³/mol. The fraction of sp³-hybridized carbons (Fsp3) is 0.273. The van der Waals surface area contributed by atoms with Crippen molar-refractivity contribution in [3.05, 3.63) is 108 Å². The summed E-state index contributed by atoms with van der Waals surface area (Å²) in [5.41, 5.74) is 3.02. The van der Waals surface area contributed by atoms with E-state index in [2.05, 4.69) is 0 Å². The van der Waals surface area contributed by atoms with Crippen molar-refractivity contribution in [1.82, 2.24) is 4.90 Å². The van der Waals surface area contributed by atoms with Crippen molar-refractivity contribution in [2.75, 3.05) is 20.3 Å². The molecule has 5 rings (SSSR count). The molecule has 1 aliphatic rings. The van der Waals surface area contributed by atoms with Gasteiger partial charge in [0.25, 0.3) is 0 Å². The number of nitrogens with zero attached hydrogens (tertiary/aromatic N) is 2. The first-order chi connectivity index (χ1) is 19.5. The number of rotatable bonds is 12. The van der Waals surface area contributed by atoms with Crippen LogP contribution in [-0.4, -0.2) is 54.3 Å². The largest absolute Gasteiger partial charge is 0.496 e. The molecule has 1 aliphatic heterocycles. The number of hydrogen-bond donors (Lipinski definition) is 1. The van der Waals surface area contributed by atoms with Crippen LogP contribution in [0.4, 0.5) is 0 Å². The van der Waals surface area contributed by atoms with E-state index < -0.39 is 5.97 Å². The molecule has 2 atom stereocenters. The lowest BCUT2D eigenvalue weighted by Gasteiger charge is -2.22. The number of fused-ring (bicyclic) bond motifs is 1. The van der Waals surface area contributed by atoms with E-state index in [1.54, 1.807) is 7.11 Å². The average molecular weight is 539 g/mol. The minimum Gasteiger partial charge on any atom is -0.496 e. The molecule has 0 amide bonds. The topological polar surface area (TPSA) is 80.6 Å². The fourth-order valence-corrected chi connectivity index (χ4v) is 5.10. The molecule has 40 heavy (non-hydrogen) atoms. The molecule has 2 unspecified atom stereocenters. The van der Waals surface area contributed by atoms with E-state index >= 15 is 0 Å². The molecule has 0 saturated carbocycles. The third kappa shape index (κ3) is 6.61. The van der Waals surface area contributed by atoms with Crippen LogP contribution >= 0.6 is 0 Å². The van der Waals surface area contributed by atoms with Crippen molar-refractivity contribution in [2.24, 2.45) is 4.99 Å². The summed E-state index contributed by atoms with van der Waals surface area (Å²) in [4.78, 5) is 18.4. The molecule has 206 valence electrons. The maximum absolute atomic E-state index is 11.7. The van der Waals surface area contributed by atoms with Crippen LogP contribution < -0.4 is 9.47 Å². The second-order valence-electron chi connectivity index (χ2n) is 9.99. The third-order valence-corrected chi connectivity index (χ3v) is 7.08. The molecule has 0 bridgehead atoms. The second-order valence-corrected chi connectivity index (χ2v) is 9.99. The Hall–Kier alpha value is -4.36. The molecule has 0 spiro atoms. The number of benzene rings is 4. The zero-order chi connectivity index (χ0) is 27.9. The molecule has 1 N–H and O–H groups in total. The van der Waals surface area contributed by atoms with E-state index in [0.29, 0.717) is 25.6 Å². The van der Waals surface area contributed by atoms with Crippen molar-refractivity contribution in [1.29, 1.82) is 0 Å². The molecule has 4 aromatic carbocycles. The van der Waals surface area contributed by atoms with Crippen molar-refractivity contribution in [3.8, 4) is 11.5 Å². The fourth-order valence-electron chi connectivity index (χ4n) is 5.10. The minimum atomic E-state index is -0.867. The molecule has 0 saturated heterocycles. The molecule has 4 aromatic rings. The highest BCUT2D eigenvalue weighted by Crippen LogP contribution is 2.29. The van der Waals surface area contributed by atoms with Crippen LogP contribution in [0.5, 0.6) is 11.5 Å². The van der Waals surface area contributed by atoms with E-state index in [-0.39, 0.29) is 18.7 Å². The van der Waals surface area contributed by atoms with Gasteiger partial charge in [-0.05, 0) is 53.8 Å². The molecule has 7 nitrogen and oxygen atoms in total. The lowest BCUT2D eigenvalue weighted by atomic mass is 10.0. The lowest BCUT2D eigenvalue weighted by molar-refractivity contribution is -0.138. The summed E-state index contributed by atoms with van der Waals surface area (Å²) in [5.74, 6) is 1.37. The Kier molecular flexibility index (Phi) is 8.62. The lowest BCUT2D eigenvalue weighted by Crippen LogP contribution is -2.29. The first kappa shape index (κ1) is 27.2. The Labute approximate surface area is 234 Å². The summed E-state index contributed by atoms with van der Waals surface area (Å²) < 4.78 is 17.6. The number of carbonyl (C=O) groups is 1. The van der Waals surface area contributed by atoms with Crippen molar-refractivity contribution >= 4 is 22.6 Å². The normalized spacial score (nSPS) is 16.5. The van der Waals surface area contributed by atoms with Gasteiger partial charge in [0.2, 0.25) is 5.90 Å². The molecule has 0 radical (unpaired) electrons. The van der Waals surface area contributed by atoms with Crippen molar-refractivity contribution in [3.63, 3.8) is 0 Å². The molecule has 7 heteroatoms. The molecular formula is C33H34N2O5. The maximum Gasteiger partial charge on any atom is 0.317 e. The SMILES string of the molecule is COc1ccc(CN(CC(=O)O)Cc2cccc(OCCC3N=C(c4ccccc4)OC3C)c2)c2ccccc12. The van der Waals surface area contributed by atoms with Gasteiger partial charge in [0.1, 0.15) is 17.6 Å². The highest BCUT2D eigenvalue weighted by molar-refractivity contribution is 5.95. The smallest absolute Gasteiger partial charge is 0.317 e. The van der Waals surface area contributed by atoms with Gasteiger partial charge in [0.05, 0.1) is 26.3 Å². The van der Waals surface area contributed by atoms with Gasteiger partial charge in [-0.15, -0.1) is 0 Å². The van der Waals surface area contributed by atoms with Gasteiger partial charge in [-0.25, -0.2) is 4.99 Å². The average Bonchev–Trinajstić information content (AvgIpc) is 3.34. The Balaban J connectivity index is 1.23. The van der Waals surface area contributed by atoms with Crippen molar-refractivity contribution < 1.29 is 24.1 Å². The minimum absolute atomic E-state index is 0.0104. The Morgan fingerprint density at radius 2 is 1.73 bits per heavy atom. The van der Waals surface area contributed by atoms with E-state index in [0.717, 1.165) is 45.4 Å². The van der Waals surface area contributed by atoms with Crippen LogP contribution in [0.15, 0.2) is 96.0 Å². The van der Waals surface area contributed by atoms with Gasteiger partial charge in [0, 0.05) is 30.5 Å². The predicted octanol–water partition coefficient (Wildman–Crippen LogP) is 5.94. The Bertz CT molecular complexity index is 1490. The number of ether oxygens (including phenoxy) is 3. The maximum atomic E-state index is 11.7. The quantitative estimate of drug-likeness (QED) is 0.241. The molecule has 0 aromatic heterocycles. The zero-order valence-electron chi connectivity index (χ0n) is 22.8. The number of carboxylic acid groups (broad SMARTS) is 1. The first-order valence-corrected chi connectivity index (χ1v) is 13.5. The van der Waals surface area contributed by atoms with Gasteiger partial charge < -0.3 is 19.3 Å². The van der Waals surface area contributed by atoms with Gasteiger partial charge in [-0.2, -0.15) is 0 Å². The van der Waals surface area contributed by atoms with Crippen LogP contribution in [0.25, 0.3) is 10.8 Å². The van der Waals surface area contributed by atoms with E-state index in [1.165, 1.54) is 0 Å². The molecule has 1 heterocycles. The summed E-state index contributed by atoms with van der Waals surface area (Å²) in [7, 11) is 1.66. The highest BCUT2D eigenvalue weighted by atomic mass is 16.5. The third-order valence-electron chi connectivity index (χ3n) is 7.08.